The molecular weight excluding hydrogens is 412 g/mol. The number of carboxylic acids is 1. The Morgan fingerprint density at radius 2 is 1.62 bits per heavy atom. The highest BCUT2D eigenvalue weighted by molar-refractivity contribution is 5.88. The molecule has 0 radical (unpaired) electrons. The Labute approximate surface area is 183 Å². The molecule has 3 aromatic rings. The summed E-state index contributed by atoms with van der Waals surface area (Å²) in [5.74, 6) is -2.08. The largest absolute Gasteiger partial charge is 0.478 e. The molecular formula is C24H20N2O6. The first-order valence-electron chi connectivity index (χ1n) is 9.98. The van der Waals surface area contributed by atoms with Crippen LogP contribution >= 0.6 is 0 Å². The number of carbonyl (C=O) groups excluding carboxylic acids is 1. The normalized spacial score (nSPS) is 13.2. The van der Waals surface area contributed by atoms with Crippen LogP contribution in [0.25, 0.3) is 11.1 Å². The molecule has 32 heavy (non-hydrogen) atoms. The van der Waals surface area contributed by atoms with E-state index in [1.165, 1.54) is 12.1 Å². The Kier molecular flexibility index (Phi) is 5.70. The molecule has 0 aromatic heterocycles. The van der Waals surface area contributed by atoms with Gasteiger partial charge in [-0.3, -0.25) is 14.9 Å². The minimum Gasteiger partial charge on any atom is -0.478 e. The van der Waals surface area contributed by atoms with Crippen LogP contribution in [0.15, 0.2) is 66.7 Å². The van der Waals surface area contributed by atoms with Gasteiger partial charge < -0.3 is 15.6 Å². The lowest BCUT2D eigenvalue weighted by molar-refractivity contribution is -0.385. The molecule has 0 saturated carbocycles. The van der Waals surface area contributed by atoms with E-state index in [-0.39, 0.29) is 30.1 Å². The molecule has 0 fully saturated rings. The van der Waals surface area contributed by atoms with Gasteiger partial charge in [-0.05, 0) is 28.3 Å². The average Bonchev–Trinajstić information content (AvgIpc) is 3.11. The zero-order valence-corrected chi connectivity index (χ0v) is 16.9. The molecule has 8 nitrogen and oxygen atoms in total. The number of nitrogens with two attached hydrogens (primary N) is 1. The van der Waals surface area contributed by atoms with Crippen molar-refractivity contribution >= 4 is 17.6 Å². The summed E-state index contributed by atoms with van der Waals surface area (Å²) in [5.41, 5.74) is 9.86. The van der Waals surface area contributed by atoms with Gasteiger partial charge in [0.05, 0.1) is 10.5 Å². The van der Waals surface area contributed by atoms with Crippen molar-refractivity contribution in [3.8, 4) is 11.1 Å². The van der Waals surface area contributed by atoms with E-state index in [0.29, 0.717) is 0 Å². The number of rotatable bonds is 7. The Hall–Kier alpha value is -4.04. The van der Waals surface area contributed by atoms with Gasteiger partial charge in [-0.2, -0.15) is 0 Å². The summed E-state index contributed by atoms with van der Waals surface area (Å²) in [6.07, 6.45) is -0.146. The fourth-order valence-electron chi connectivity index (χ4n) is 4.07. The number of fused-ring (bicyclic) bond motifs is 3. The maximum Gasteiger partial charge on any atom is 0.335 e. The Balaban J connectivity index is 1.48. The fourth-order valence-corrected chi connectivity index (χ4v) is 4.07. The van der Waals surface area contributed by atoms with E-state index in [9.17, 15) is 19.7 Å². The molecule has 0 aliphatic heterocycles. The first-order chi connectivity index (χ1) is 15.4. The monoisotopic (exact) mass is 432 g/mol. The van der Waals surface area contributed by atoms with Crippen LogP contribution in [0, 0.1) is 10.1 Å². The highest BCUT2D eigenvalue weighted by Crippen LogP contribution is 2.44. The number of benzene rings is 3. The Morgan fingerprint density at radius 1 is 1.03 bits per heavy atom. The predicted octanol–water partition coefficient (Wildman–Crippen LogP) is 3.52. The number of nitro groups is 1. The topological polar surface area (TPSA) is 133 Å². The molecule has 3 aromatic carbocycles. The van der Waals surface area contributed by atoms with Crippen molar-refractivity contribution in [1.29, 1.82) is 0 Å². The molecule has 0 spiro atoms. The smallest absolute Gasteiger partial charge is 0.335 e. The second-order valence-electron chi connectivity index (χ2n) is 7.57. The summed E-state index contributed by atoms with van der Waals surface area (Å²) in [6.45, 7) is 0.0978. The first-order valence-corrected chi connectivity index (χ1v) is 9.98. The van der Waals surface area contributed by atoms with Crippen LogP contribution in [0.1, 0.15) is 33.0 Å². The summed E-state index contributed by atoms with van der Waals surface area (Å²) in [4.78, 5) is 34.3. The summed E-state index contributed by atoms with van der Waals surface area (Å²) in [5, 5.41) is 20.4. The molecule has 1 unspecified atom stereocenters. The highest BCUT2D eigenvalue weighted by Gasteiger charge is 2.30. The van der Waals surface area contributed by atoms with Gasteiger partial charge in [-0.25, -0.2) is 4.79 Å². The maximum absolute atomic E-state index is 12.6. The van der Waals surface area contributed by atoms with Gasteiger partial charge in [0.15, 0.2) is 0 Å². The zero-order chi connectivity index (χ0) is 22.8. The quantitative estimate of drug-likeness (QED) is 0.331. The van der Waals surface area contributed by atoms with Crippen LogP contribution in [0.3, 0.4) is 0 Å². The van der Waals surface area contributed by atoms with Crippen LogP contribution < -0.4 is 5.73 Å². The van der Waals surface area contributed by atoms with E-state index < -0.39 is 28.6 Å². The van der Waals surface area contributed by atoms with Crippen molar-refractivity contribution in [3.05, 3.63) is 99.1 Å². The number of esters is 1. The van der Waals surface area contributed by atoms with Crippen LogP contribution in [0.2, 0.25) is 0 Å². The third-order valence-corrected chi connectivity index (χ3v) is 5.63. The molecule has 162 valence electrons. The number of nitro benzene ring substituents is 1. The summed E-state index contributed by atoms with van der Waals surface area (Å²) < 4.78 is 5.51. The second-order valence-corrected chi connectivity index (χ2v) is 7.57. The fraction of sp³-hybridized carbons (Fsp3) is 0.167. The van der Waals surface area contributed by atoms with Gasteiger partial charge in [0.2, 0.25) is 0 Å². The number of carbonyl (C=O) groups is 2. The van der Waals surface area contributed by atoms with E-state index in [4.69, 9.17) is 15.6 Å². The Morgan fingerprint density at radius 3 is 2.19 bits per heavy atom. The summed E-state index contributed by atoms with van der Waals surface area (Å²) in [7, 11) is 0. The van der Waals surface area contributed by atoms with Crippen molar-refractivity contribution in [2.75, 3.05) is 6.61 Å². The van der Waals surface area contributed by atoms with Gasteiger partial charge in [0.1, 0.15) is 12.6 Å². The third kappa shape index (κ3) is 3.95. The average molecular weight is 432 g/mol. The van der Waals surface area contributed by atoms with Crippen molar-refractivity contribution in [3.63, 3.8) is 0 Å². The van der Waals surface area contributed by atoms with Gasteiger partial charge in [0.25, 0.3) is 5.69 Å². The SMILES string of the molecule is NC(Cc1ccc(C(=O)O)cc1[N+](=O)[O-])C(=O)OCC1c2ccccc2-c2ccccc21. The molecule has 3 N–H and O–H groups in total. The molecule has 1 aliphatic rings. The predicted molar refractivity (Wildman–Crippen MR) is 116 cm³/mol. The van der Waals surface area contributed by atoms with Crippen molar-refractivity contribution in [2.24, 2.45) is 5.73 Å². The van der Waals surface area contributed by atoms with E-state index in [0.717, 1.165) is 28.3 Å². The lowest BCUT2D eigenvalue weighted by atomic mass is 9.98. The van der Waals surface area contributed by atoms with E-state index in [1.807, 2.05) is 48.5 Å². The number of nitrogens with zero attached hydrogens (tertiary/aromatic N) is 1. The van der Waals surface area contributed by atoms with Gasteiger partial charge in [-0.15, -0.1) is 0 Å². The van der Waals surface area contributed by atoms with Gasteiger partial charge in [-0.1, -0.05) is 54.6 Å². The Bertz CT molecular complexity index is 1180. The van der Waals surface area contributed by atoms with Crippen LogP contribution in [0.4, 0.5) is 5.69 Å². The number of aromatic carboxylic acids is 1. The van der Waals surface area contributed by atoms with Gasteiger partial charge >= 0.3 is 11.9 Å². The summed E-state index contributed by atoms with van der Waals surface area (Å²) >= 11 is 0. The second kappa shape index (κ2) is 8.60. The number of hydrogen-bond donors (Lipinski definition) is 2. The van der Waals surface area contributed by atoms with Crippen molar-refractivity contribution in [1.82, 2.24) is 0 Å². The minimum absolute atomic E-state index is 0.0978. The van der Waals surface area contributed by atoms with E-state index in [2.05, 4.69) is 0 Å². The molecule has 0 amide bonds. The molecule has 8 heteroatoms. The molecule has 1 atom stereocenters. The van der Waals surface area contributed by atoms with Crippen molar-refractivity contribution < 1.29 is 24.4 Å². The summed E-state index contributed by atoms with van der Waals surface area (Å²) in [6, 6.07) is 18.2. The number of carboxylic acid groups (broad SMARTS) is 1. The highest BCUT2D eigenvalue weighted by atomic mass is 16.6. The number of ether oxygens (including phenoxy) is 1. The third-order valence-electron chi connectivity index (χ3n) is 5.63. The molecule has 4 rings (SSSR count). The van der Waals surface area contributed by atoms with Crippen LogP contribution in [-0.4, -0.2) is 34.6 Å². The zero-order valence-electron chi connectivity index (χ0n) is 16.9. The van der Waals surface area contributed by atoms with Crippen LogP contribution in [0.5, 0.6) is 0 Å². The molecule has 0 saturated heterocycles. The van der Waals surface area contributed by atoms with Crippen LogP contribution in [-0.2, 0) is 16.0 Å². The maximum atomic E-state index is 12.6. The van der Waals surface area contributed by atoms with Gasteiger partial charge in [0, 0.05) is 24.0 Å². The molecule has 0 heterocycles. The first kappa shape index (κ1) is 21.2. The van der Waals surface area contributed by atoms with E-state index in [1.54, 1.807) is 0 Å². The molecule has 0 bridgehead atoms. The number of hydrogen-bond acceptors (Lipinski definition) is 6. The standard InChI is InChI=1S/C24H20N2O6/c25-21(11-14-9-10-15(23(27)28)12-22(14)26(30)31)24(29)32-13-20-18-7-3-1-5-16(18)17-6-2-4-8-19(17)20/h1-10,12,20-21H,11,13,25H2,(H,27,28). The molecule has 1 aliphatic carbocycles. The van der Waals surface area contributed by atoms with E-state index >= 15 is 0 Å². The lowest BCUT2D eigenvalue weighted by Crippen LogP contribution is -2.35. The lowest BCUT2D eigenvalue weighted by Gasteiger charge is -2.17. The van der Waals surface area contributed by atoms with Crippen molar-refractivity contribution in [2.45, 2.75) is 18.4 Å². The minimum atomic E-state index is -1.28.